The van der Waals surface area contributed by atoms with Crippen LogP contribution in [0.5, 0.6) is 0 Å². The Bertz CT molecular complexity index is 413. The molecule has 2 atom stereocenters. The number of aliphatic hydroxyl groups is 1. The van der Waals surface area contributed by atoms with Gasteiger partial charge in [0.2, 0.25) is 5.91 Å². The Morgan fingerprint density at radius 2 is 2.21 bits per heavy atom. The van der Waals surface area contributed by atoms with Gasteiger partial charge in [-0.25, -0.2) is 0 Å². The molecule has 1 saturated heterocycles. The first-order chi connectivity index (χ1) is 9.14. The summed E-state index contributed by atoms with van der Waals surface area (Å²) in [5.74, 6) is -0.193. The maximum atomic E-state index is 12.2. The van der Waals surface area contributed by atoms with Gasteiger partial charge in [-0.05, 0) is 12.0 Å². The molecule has 1 aromatic rings. The summed E-state index contributed by atoms with van der Waals surface area (Å²) in [6.07, 6.45) is 1.32. The van der Waals surface area contributed by atoms with Gasteiger partial charge in [-0.3, -0.25) is 4.79 Å². The molecule has 1 heterocycles. The van der Waals surface area contributed by atoms with Crippen molar-refractivity contribution >= 4 is 5.91 Å². The normalized spacial score (nSPS) is 24.1. The molecule has 2 N–H and O–H groups in total. The zero-order valence-electron chi connectivity index (χ0n) is 11.3. The van der Waals surface area contributed by atoms with Crippen molar-refractivity contribution < 1.29 is 14.6 Å². The lowest BCUT2D eigenvalue weighted by molar-refractivity contribution is -0.123. The number of hydrogen-bond donors (Lipinski definition) is 2. The zero-order chi connectivity index (χ0) is 13.7. The largest absolute Gasteiger partial charge is 0.386 e. The van der Waals surface area contributed by atoms with Crippen molar-refractivity contribution in [3.8, 4) is 0 Å². The molecule has 0 radical (unpaired) electrons. The fourth-order valence-corrected chi connectivity index (χ4v) is 2.37. The second-order valence-corrected chi connectivity index (χ2v) is 5.12. The third-order valence-corrected chi connectivity index (χ3v) is 3.60. The van der Waals surface area contributed by atoms with Crippen molar-refractivity contribution in [2.24, 2.45) is 0 Å². The van der Waals surface area contributed by atoms with Crippen molar-refractivity contribution in [3.05, 3.63) is 35.9 Å². The smallest absolute Gasteiger partial charge is 0.227 e. The average molecular weight is 263 g/mol. The van der Waals surface area contributed by atoms with Crippen LogP contribution in [0.25, 0.3) is 0 Å². The second kappa shape index (κ2) is 6.17. The summed E-state index contributed by atoms with van der Waals surface area (Å²) in [6.45, 7) is 3.11. The SMILES string of the molecule is CCC(C(=O)NCC1(O)CCOC1)c1ccccc1. The number of hydrogen-bond acceptors (Lipinski definition) is 3. The minimum absolute atomic E-state index is 0.0333. The Labute approximate surface area is 113 Å². The number of carbonyl (C=O) groups is 1. The third kappa shape index (κ3) is 3.55. The molecule has 1 aromatic carbocycles. The predicted molar refractivity (Wildman–Crippen MR) is 72.9 cm³/mol. The Balaban J connectivity index is 1.94. The van der Waals surface area contributed by atoms with Crippen molar-refractivity contribution in [2.75, 3.05) is 19.8 Å². The lowest BCUT2D eigenvalue weighted by atomic mass is 9.95. The summed E-state index contributed by atoms with van der Waals surface area (Å²) in [4.78, 5) is 12.2. The Hall–Kier alpha value is -1.39. The van der Waals surface area contributed by atoms with Gasteiger partial charge in [0.1, 0.15) is 5.60 Å². The molecule has 0 aromatic heterocycles. The van der Waals surface area contributed by atoms with Gasteiger partial charge in [-0.15, -0.1) is 0 Å². The molecule has 1 amide bonds. The van der Waals surface area contributed by atoms with E-state index < -0.39 is 5.60 Å². The van der Waals surface area contributed by atoms with Crippen molar-refractivity contribution in [1.29, 1.82) is 0 Å². The second-order valence-electron chi connectivity index (χ2n) is 5.12. The molecule has 4 nitrogen and oxygen atoms in total. The molecule has 19 heavy (non-hydrogen) atoms. The molecule has 1 fully saturated rings. The number of rotatable bonds is 5. The maximum Gasteiger partial charge on any atom is 0.227 e. The summed E-state index contributed by atoms with van der Waals surface area (Å²) in [5, 5.41) is 13.0. The minimum Gasteiger partial charge on any atom is -0.386 e. The molecule has 104 valence electrons. The first-order valence-electron chi connectivity index (χ1n) is 6.77. The predicted octanol–water partition coefficient (Wildman–Crippen LogP) is 1.45. The lowest BCUT2D eigenvalue weighted by Gasteiger charge is -2.23. The van der Waals surface area contributed by atoms with E-state index in [4.69, 9.17) is 4.74 Å². The summed E-state index contributed by atoms with van der Waals surface area (Å²) >= 11 is 0. The topological polar surface area (TPSA) is 58.6 Å². The van der Waals surface area contributed by atoms with E-state index in [0.29, 0.717) is 19.6 Å². The average Bonchev–Trinajstić information content (AvgIpc) is 2.86. The van der Waals surface area contributed by atoms with Crippen LogP contribution in [-0.2, 0) is 9.53 Å². The van der Waals surface area contributed by atoms with Crippen LogP contribution in [0, 0.1) is 0 Å². The Morgan fingerprint density at radius 3 is 2.79 bits per heavy atom. The number of carbonyl (C=O) groups excluding carboxylic acids is 1. The van der Waals surface area contributed by atoms with Crippen molar-refractivity contribution in [3.63, 3.8) is 0 Å². The van der Waals surface area contributed by atoms with E-state index in [1.807, 2.05) is 37.3 Å². The lowest BCUT2D eigenvalue weighted by Crippen LogP contribution is -2.44. The summed E-state index contributed by atoms with van der Waals surface area (Å²) in [7, 11) is 0. The molecule has 0 bridgehead atoms. The van der Waals surface area contributed by atoms with Gasteiger partial charge in [0, 0.05) is 19.6 Å². The van der Waals surface area contributed by atoms with Crippen LogP contribution in [-0.4, -0.2) is 36.4 Å². The van der Waals surface area contributed by atoms with E-state index in [0.717, 1.165) is 12.0 Å². The van der Waals surface area contributed by atoms with E-state index in [-0.39, 0.29) is 18.4 Å². The molecule has 0 saturated carbocycles. The van der Waals surface area contributed by atoms with Gasteiger partial charge < -0.3 is 15.2 Å². The van der Waals surface area contributed by atoms with Gasteiger partial charge >= 0.3 is 0 Å². The van der Waals surface area contributed by atoms with Crippen molar-refractivity contribution in [1.82, 2.24) is 5.32 Å². The van der Waals surface area contributed by atoms with Gasteiger partial charge in [-0.2, -0.15) is 0 Å². The maximum absolute atomic E-state index is 12.2. The van der Waals surface area contributed by atoms with Crippen LogP contribution >= 0.6 is 0 Å². The van der Waals surface area contributed by atoms with Crippen LogP contribution < -0.4 is 5.32 Å². The van der Waals surface area contributed by atoms with Crippen LogP contribution in [0.4, 0.5) is 0 Å². The molecular formula is C15H21NO3. The summed E-state index contributed by atoms with van der Waals surface area (Å²) < 4.78 is 5.16. The molecule has 0 spiro atoms. The minimum atomic E-state index is -0.898. The Kier molecular flexibility index (Phi) is 4.56. The van der Waals surface area contributed by atoms with E-state index in [1.54, 1.807) is 0 Å². The van der Waals surface area contributed by atoms with Crippen LogP contribution in [0.1, 0.15) is 31.2 Å². The van der Waals surface area contributed by atoms with Gasteiger partial charge in [0.25, 0.3) is 0 Å². The fraction of sp³-hybridized carbons (Fsp3) is 0.533. The number of ether oxygens (including phenoxy) is 1. The first-order valence-corrected chi connectivity index (χ1v) is 6.77. The molecule has 4 heteroatoms. The molecule has 1 aliphatic heterocycles. The number of benzene rings is 1. The highest BCUT2D eigenvalue weighted by atomic mass is 16.5. The van der Waals surface area contributed by atoms with Gasteiger partial charge in [0.15, 0.2) is 0 Å². The van der Waals surface area contributed by atoms with Crippen LogP contribution in [0.2, 0.25) is 0 Å². The highest BCUT2D eigenvalue weighted by molar-refractivity contribution is 5.83. The quantitative estimate of drug-likeness (QED) is 0.845. The Morgan fingerprint density at radius 1 is 1.47 bits per heavy atom. The van der Waals surface area contributed by atoms with E-state index in [2.05, 4.69) is 5.32 Å². The molecular weight excluding hydrogens is 242 g/mol. The summed E-state index contributed by atoms with van der Waals surface area (Å²) in [6, 6.07) is 9.72. The zero-order valence-corrected chi connectivity index (χ0v) is 11.3. The molecule has 2 rings (SSSR count). The van der Waals surface area contributed by atoms with Crippen molar-refractivity contribution in [2.45, 2.75) is 31.3 Å². The summed E-state index contributed by atoms with van der Waals surface area (Å²) in [5.41, 5.74) is 0.113. The van der Waals surface area contributed by atoms with E-state index in [9.17, 15) is 9.90 Å². The highest BCUT2D eigenvalue weighted by Crippen LogP contribution is 2.21. The monoisotopic (exact) mass is 263 g/mol. The van der Waals surface area contributed by atoms with Crippen LogP contribution in [0.15, 0.2) is 30.3 Å². The number of amides is 1. The number of nitrogens with one attached hydrogen (secondary N) is 1. The molecule has 2 unspecified atom stereocenters. The van der Waals surface area contributed by atoms with E-state index >= 15 is 0 Å². The van der Waals surface area contributed by atoms with E-state index in [1.165, 1.54) is 0 Å². The molecule has 1 aliphatic rings. The third-order valence-electron chi connectivity index (χ3n) is 3.60. The standard InChI is InChI=1S/C15H21NO3/c1-2-13(12-6-4-3-5-7-12)14(17)16-10-15(18)8-9-19-11-15/h3-7,13,18H,2,8-11H2,1H3,(H,16,17). The molecule has 0 aliphatic carbocycles. The first kappa shape index (κ1) is 14.0. The fourth-order valence-electron chi connectivity index (χ4n) is 2.37. The van der Waals surface area contributed by atoms with Crippen LogP contribution in [0.3, 0.4) is 0 Å². The van der Waals surface area contributed by atoms with Gasteiger partial charge in [-0.1, -0.05) is 37.3 Å². The highest BCUT2D eigenvalue weighted by Gasteiger charge is 2.33. The van der Waals surface area contributed by atoms with Gasteiger partial charge in [0.05, 0.1) is 12.5 Å².